The molecular weight excluding hydrogens is 206 g/mol. The number of methoxy groups -OCH3 is 1. The van der Waals surface area contributed by atoms with E-state index in [0.29, 0.717) is 5.56 Å². The molecule has 0 saturated carbocycles. The molecule has 86 valence electrons. The summed E-state index contributed by atoms with van der Waals surface area (Å²) in [5.74, 6) is 0.387. The van der Waals surface area contributed by atoms with Gasteiger partial charge in [0.1, 0.15) is 11.4 Å². The third-order valence-corrected chi connectivity index (χ3v) is 2.61. The molecule has 2 heterocycles. The van der Waals surface area contributed by atoms with E-state index in [0.717, 1.165) is 32.0 Å². The average molecular weight is 221 g/mol. The highest BCUT2D eigenvalue weighted by atomic mass is 16.5. The number of esters is 1. The molecule has 0 radical (unpaired) electrons. The maximum atomic E-state index is 11.6. The van der Waals surface area contributed by atoms with Gasteiger partial charge >= 0.3 is 5.97 Å². The third-order valence-electron chi connectivity index (χ3n) is 2.61. The molecule has 1 N–H and O–H groups in total. The Kier molecular flexibility index (Phi) is 3.36. The number of rotatable bonds is 2. The number of carbonyl (C=O) groups is 1. The smallest absolute Gasteiger partial charge is 0.341 e. The number of carbonyl (C=O) groups excluding carboxylic acids is 1. The normalized spacial score (nSPS) is 15.9. The quantitative estimate of drug-likeness (QED) is 0.727. The zero-order chi connectivity index (χ0) is 11.4. The van der Waals surface area contributed by atoms with Gasteiger partial charge in [0.05, 0.1) is 7.11 Å². The Morgan fingerprint density at radius 2 is 2.25 bits per heavy atom. The molecule has 1 fully saturated rings. The van der Waals surface area contributed by atoms with E-state index in [1.807, 2.05) is 0 Å². The second-order valence-corrected chi connectivity index (χ2v) is 3.60. The molecule has 2 rings (SSSR count). The summed E-state index contributed by atoms with van der Waals surface area (Å²) in [5.41, 5.74) is 0.534. The van der Waals surface area contributed by atoms with Crippen LogP contribution in [-0.2, 0) is 4.74 Å². The average Bonchev–Trinajstić information content (AvgIpc) is 2.39. The lowest BCUT2D eigenvalue weighted by Crippen LogP contribution is -2.44. The van der Waals surface area contributed by atoms with Crippen LogP contribution in [0.4, 0.5) is 5.82 Å². The summed E-state index contributed by atoms with van der Waals surface area (Å²) >= 11 is 0. The molecule has 0 bridgehead atoms. The highest BCUT2D eigenvalue weighted by molar-refractivity contribution is 5.94. The number of hydrogen-bond acceptors (Lipinski definition) is 5. The van der Waals surface area contributed by atoms with Gasteiger partial charge in [-0.25, -0.2) is 9.78 Å². The summed E-state index contributed by atoms with van der Waals surface area (Å²) in [6.45, 7) is 3.55. The molecule has 16 heavy (non-hydrogen) atoms. The van der Waals surface area contributed by atoms with Crippen LogP contribution in [0.15, 0.2) is 18.3 Å². The standard InChI is InChI=1S/C11H15N3O2/c1-16-11(15)9-3-2-4-13-10(9)14-7-5-12-6-8-14/h2-4,12H,5-8H2,1H3. The molecule has 0 aliphatic carbocycles. The topological polar surface area (TPSA) is 54.5 Å². The molecule has 0 unspecified atom stereocenters. The fourth-order valence-electron chi connectivity index (χ4n) is 1.79. The zero-order valence-electron chi connectivity index (χ0n) is 9.27. The molecule has 1 aromatic heterocycles. The Morgan fingerprint density at radius 3 is 2.94 bits per heavy atom. The van der Waals surface area contributed by atoms with Crippen LogP contribution in [0.2, 0.25) is 0 Å². The van der Waals surface area contributed by atoms with Crippen molar-refractivity contribution in [2.75, 3.05) is 38.2 Å². The summed E-state index contributed by atoms with van der Waals surface area (Å²) in [6.07, 6.45) is 1.70. The Balaban J connectivity index is 2.28. The largest absolute Gasteiger partial charge is 0.465 e. The molecule has 0 amide bonds. The number of nitrogens with one attached hydrogen (secondary N) is 1. The van der Waals surface area contributed by atoms with Crippen LogP contribution in [0.3, 0.4) is 0 Å². The van der Waals surface area contributed by atoms with Crippen LogP contribution in [0.1, 0.15) is 10.4 Å². The van der Waals surface area contributed by atoms with E-state index in [-0.39, 0.29) is 5.97 Å². The van der Waals surface area contributed by atoms with Gasteiger partial charge in [0.25, 0.3) is 0 Å². The maximum absolute atomic E-state index is 11.6. The Bertz CT molecular complexity index is 375. The van der Waals surface area contributed by atoms with E-state index in [1.54, 1.807) is 18.3 Å². The number of hydrogen-bond donors (Lipinski definition) is 1. The lowest BCUT2D eigenvalue weighted by atomic mass is 10.2. The zero-order valence-corrected chi connectivity index (χ0v) is 9.27. The molecule has 0 spiro atoms. The SMILES string of the molecule is COC(=O)c1cccnc1N1CCNCC1. The van der Waals surface area contributed by atoms with E-state index < -0.39 is 0 Å². The fraction of sp³-hybridized carbons (Fsp3) is 0.455. The highest BCUT2D eigenvalue weighted by Crippen LogP contribution is 2.18. The molecular formula is C11H15N3O2. The predicted molar refractivity (Wildman–Crippen MR) is 60.7 cm³/mol. The molecule has 0 atom stereocenters. The monoisotopic (exact) mass is 221 g/mol. The Hall–Kier alpha value is -1.62. The van der Waals surface area contributed by atoms with Gasteiger partial charge in [-0.15, -0.1) is 0 Å². The van der Waals surface area contributed by atoms with Crippen molar-refractivity contribution in [3.8, 4) is 0 Å². The molecule has 1 aromatic rings. The van der Waals surface area contributed by atoms with Crippen molar-refractivity contribution in [2.45, 2.75) is 0 Å². The highest BCUT2D eigenvalue weighted by Gasteiger charge is 2.19. The summed E-state index contributed by atoms with van der Waals surface area (Å²) in [6, 6.07) is 3.49. The van der Waals surface area contributed by atoms with Crippen molar-refractivity contribution in [1.29, 1.82) is 0 Å². The predicted octanol–water partition coefficient (Wildman–Crippen LogP) is 0.278. The van der Waals surface area contributed by atoms with Crippen LogP contribution in [-0.4, -0.2) is 44.2 Å². The van der Waals surface area contributed by atoms with Gasteiger partial charge in [-0.3, -0.25) is 0 Å². The number of aromatic nitrogens is 1. The summed E-state index contributed by atoms with van der Waals surface area (Å²) < 4.78 is 4.75. The van der Waals surface area contributed by atoms with E-state index in [2.05, 4.69) is 15.2 Å². The van der Waals surface area contributed by atoms with Crippen molar-refractivity contribution >= 4 is 11.8 Å². The van der Waals surface area contributed by atoms with Crippen LogP contribution in [0.5, 0.6) is 0 Å². The van der Waals surface area contributed by atoms with Gasteiger partial charge in [-0.1, -0.05) is 0 Å². The summed E-state index contributed by atoms with van der Waals surface area (Å²) in [5, 5.41) is 3.26. The van der Waals surface area contributed by atoms with Gasteiger partial charge in [-0.2, -0.15) is 0 Å². The number of piperazine rings is 1. The van der Waals surface area contributed by atoms with Gasteiger partial charge in [0.2, 0.25) is 0 Å². The first-order valence-electron chi connectivity index (χ1n) is 5.32. The van der Waals surface area contributed by atoms with Crippen molar-refractivity contribution in [3.05, 3.63) is 23.9 Å². The summed E-state index contributed by atoms with van der Waals surface area (Å²) in [4.78, 5) is 17.9. The van der Waals surface area contributed by atoms with Crippen LogP contribution in [0, 0.1) is 0 Å². The second kappa shape index (κ2) is 4.94. The molecule has 1 aliphatic rings. The molecule has 5 nitrogen and oxygen atoms in total. The number of ether oxygens (including phenoxy) is 1. The molecule has 1 aliphatic heterocycles. The van der Waals surface area contributed by atoms with Crippen LogP contribution < -0.4 is 10.2 Å². The van der Waals surface area contributed by atoms with E-state index in [1.165, 1.54) is 7.11 Å². The van der Waals surface area contributed by atoms with Gasteiger partial charge in [-0.05, 0) is 12.1 Å². The molecule has 0 aromatic carbocycles. The van der Waals surface area contributed by atoms with E-state index in [9.17, 15) is 4.79 Å². The second-order valence-electron chi connectivity index (χ2n) is 3.60. The first kappa shape index (κ1) is 10.9. The van der Waals surface area contributed by atoms with Gasteiger partial charge in [0.15, 0.2) is 0 Å². The Morgan fingerprint density at radius 1 is 1.50 bits per heavy atom. The number of anilines is 1. The fourth-order valence-corrected chi connectivity index (χ4v) is 1.79. The molecule has 1 saturated heterocycles. The lowest BCUT2D eigenvalue weighted by molar-refractivity contribution is 0.0601. The van der Waals surface area contributed by atoms with Gasteiger partial charge in [0, 0.05) is 32.4 Å². The minimum Gasteiger partial charge on any atom is -0.465 e. The molecule has 5 heteroatoms. The van der Waals surface area contributed by atoms with Crippen molar-refractivity contribution in [3.63, 3.8) is 0 Å². The number of pyridine rings is 1. The lowest BCUT2D eigenvalue weighted by Gasteiger charge is -2.29. The van der Waals surface area contributed by atoms with Crippen LogP contribution in [0.25, 0.3) is 0 Å². The minimum atomic E-state index is -0.332. The number of nitrogens with zero attached hydrogens (tertiary/aromatic N) is 2. The third kappa shape index (κ3) is 2.14. The van der Waals surface area contributed by atoms with Crippen molar-refractivity contribution in [2.24, 2.45) is 0 Å². The maximum Gasteiger partial charge on any atom is 0.341 e. The minimum absolute atomic E-state index is 0.332. The van der Waals surface area contributed by atoms with Crippen molar-refractivity contribution < 1.29 is 9.53 Å². The Labute approximate surface area is 94.4 Å². The van der Waals surface area contributed by atoms with E-state index in [4.69, 9.17) is 4.74 Å². The van der Waals surface area contributed by atoms with E-state index >= 15 is 0 Å². The van der Waals surface area contributed by atoms with Gasteiger partial charge < -0.3 is 15.0 Å². The first-order chi connectivity index (χ1) is 7.83. The first-order valence-corrected chi connectivity index (χ1v) is 5.32. The van der Waals surface area contributed by atoms with Crippen LogP contribution >= 0.6 is 0 Å². The van der Waals surface area contributed by atoms with Crippen molar-refractivity contribution in [1.82, 2.24) is 10.3 Å². The summed E-state index contributed by atoms with van der Waals surface area (Å²) in [7, 11) is 1.39.